The summed E-state index contributed by atoms with van der Waals surface area (Å²) >= 11 is 5.90. The van der Waals surface area contributed by atoms with Crippen LogP contribution in [-0.2, 0) is 9.63 Å². The monoisotopic (exact) mass is 376 g/mol. The fourth-order valence-corrected chi connectivity index (χ4v) is 4.31. The van der Waals surface area contributed by atoms with E-state index in [1.165, 1.54) is 6.42 Å². The maximum absolute atomic E-state index is 12.0. The molecule has 26 heavy (non-hydrogen) atoms. The number of nitrogens with one attached hydrogen (secondary N) is 1. The number of fused-ring (bicyclic) bond motifs is 2. The number of oxime groups is 1. The smallest absolute Gasteiger partial charge is 0.280 e. The van der Waals surface area contributed by atoms with E-state index in [0.29, 0.717) is 16.5 Å². The highest BCUT2D eigenvalue weighted by atomic mass is 35.5. The molecule has 2 bridgehead atoms. The van der Waals surface area contributed by atoms with Gasteiger partial charge in [0.2, 0.25) is 0 Å². The lowest BCUT2D eigenvalue weighted by atomic mass is 9.70. The van der Waals surface area contributed by atoms with E-state index in [1.54, 1.807) is 24.3 Å². The van der Waals surface area contributed by atoms with Crippen LogP contribution >= 0.6 is 11.6 Å². The lowest BCUT2D eigenvalue weighted by molar-refractivity contribution is -0.125. The van der Waals surface area contributed by atoms with E-state index in [1.807, 2.05) is 0 Å². The molecule has 2 saturated carbocycles. The topological polar surface area (TPSA) is 89.1 Å². The first kappa shape index (κ1) is 18.7. The van der Waals surface area contributed by atoms with Gasteiger partial charge in [0.15, 0.2) is 12.4 Å². The third kappa shape index (κ3) is 3.30. The van der Waals surface area contributed by atoms with Gasteiger partial charge in [-0.3, -0.25) is 4.79 Å². The molecule has 2 atom stereocenters. The predicted molar refractivity (Wildman–Crippen MR) is 103 cm³/mol. The van der Waals surface area contributed by atoms with Gasteiger partial charge in [-0.15, -0.1) is 0 Å². The fourth-order valence-electron chi connectivity index (χ4n) is 4.12. The molecule has 0 spiro atoms. The number of amides is 1. The van der Waals surface area contributed by atoms with Crippen molar-refractivity contribution in [2.75, 3.05) is 6.61 Å². The standard InChI is InChI=1S/C19H25ClN4O2/c1-18(2)13-7-8-19(18,3)15(10-13)22-23-16(25)11-26-24-17(21)12-5-4-6-14(20)9-12/h4-6,9,13H,7-8,10-11H2,1-3H3,(H2,21,24)(H,23,25)/b22-15+. The van der Waals surface area contributed by atoms with Gasteiger partial charge < -0.3 is 10.6 Å². The van der Waals surface area contributed by atoms with Crippen LogP contribution < -0.4 is 11.2 Å². The van der Waals surface area contributed by atoms with Crippen molar-refractivity contribution >= 4 is 29.1 Å². The van der Waals surface area contributed by atoms with Crippen LogP contribution in [0.4, 0.5) is 0 Å². The molecule has 7 heteroatoms. The van der Waals surface area contributed by atoms with Crippen molar-refractivity contribution in [1.29, 1.82) is 0 Å². The second-order valence-corrected chi connectivity index (χ2v) is 8.28. The number of carbonyl (C=O) groups is 1. The second kappa shape index (κ2) is 6.91. The first-order valence-electron chi connectivity index (χ1n) is 8.81. The molecular weight excluding hydrogens is 352 g/mol. The highest BCUT2D eigenvalue weighted by molar-refractivity contribution is 6.31. The van der Waals surface area contributed by atoms with E-state index in [0.717, 1.165) is 18.6 Å². The van der Waals surface area contributed by atoms with Crippen molar-refractivity contribution in [3.8, 4) is 0 Å². The summed E-state index contributed by atoms with van der Waals surface area (Å²) in [5.41, 5.74) is 10.4. The molecule has 2 aliphatic rings. The summed E-state index contributed by atoms with van der Waals surface area (Å²) in [4.78, 5) is 17.0. The SMILES string of the molecule is CC12CCC(C/C1=N\NC(=O)CO/N=C(\N)c1cccc(Cl)c1)C2(C)C. The molecule has 1 aromatic carbocycles. The molecule has 6 nitrogen and oxygen atoms in total. The van der Waals surface area contributed by atoms with Crippen molar-refractivity contribution in [3.05, 3.63) is 34.9 Å². The number of hydrazone groups is 1. The van der Waals surface area contributed by atoms with E-state index < -0.39 is 0 Å². The first-order chi connectivity index (χ1) is 12.2. The molecular formula is C19H25ClN4O2. The Morgan fingerprint density at radius 2 is 2.19 bits per heavy atom. The first-order valence-corrected chi connectivity index (χ1v) is 9.19. The number of nitrogens with two attached hydrogens (primary N) is 1. The number of hydrogen-bond donors (Lipinski definition) is 2. The van der Waals surface area contributed by atoms with E-state index in [-0.39, 0.29) is 29.2 Å². The molecule has 0 saturated heterocycles. The Morgan fingerprint density at radius 3 is 2.81 bits per heavy atom. The maximum Gasteiger partial charge on any atom is 0.280 e. The minimum atomic E-state index is -0.357. The summed E-state index contributed by atoms with van der Waals surface area (Å²) in [6.45, 7) is 6.59. The molecule has 2 fully saturated rings. The lowest BCUT2D eigenvalue weighted by Gasteiger charge is -2.34. The minimum Gasteiger partial charge on any atom is -0.384 e. The van der Waals surface area contributed by atoms with Gasteiger partial charge >= 0.3 is 0 Å². The zero-order valence-electron chi connectivity index (χ0n) is 15.4. The normalized spacial score (nSPS) is 28.4. The van der Waals surface area contributed by atoms with Crippen LogP contribution in [0.5, 0.6) is 0 Å². The van der Waals surface area contributed by atoms with Crippen molar-refractivity contribution in [3.63, 3.8) is 0 Å². The van der Waals surface area contributed by atoms with Gasteiger partial charge in [0, 0.05) is 21.7 Å². The Hall–Kier alpha value is -2.08. The summed E-state index contributed by atoms with van der Waals surface area (Å²) in [5.74, 6) is 0.444. The summed E-state index contributed by atoms with van der Waals surface area (Å²) in [5, 5.41) is 8.69. The predicted octanol–water partition coefficient (Wildman–Crippen LogP) is 3.30. The molecule has 2 unspecified atom stereocenters. The lowest BCUT2D eigenvalue weighted by Crippen LogP contribution is -2.34. The van der Waals surface area contributed by atoms with Crippen molar-refractivity contribution < 1.29 is 9.63 Å². The number of carbonyl (C=O) groups excluding carboxylic acids is 1. The number of nitrogens with zero attached hydrogens (tertiary/aromatic N) is 2. The number of amidine groups is 1. The Bertz CT molecular complexity index is 775. The van der Waals surface area contributed by atoms with Crippen LogP contribution in [0.15, 0.2) is 34.5 Å². The van der Waals surface area contributed by atoms with Gasteiger partial charge in [0.1, 0.15) is 0 Å². The van der Waals surface area contributed by atoms with Crippen molar-refractivity contribution in [2.24, 2.45) is 32.7 Å². The van der Waals surface area contributed by atoms with Gasteiger partial charge in [0.25, 0.3) is 5.91 Å². The van der Waals surface area contributed by atoms with E-state index in [9.17, 15) is 4.79 Å². The molecule has 140 valence electrons. The molecule has 0 aromatic heterocycles. The van der Waals surface area contributed by atoms with E-state index in [2.05, 4.69) is 36.5 Å². The molecule has 3 rings (SSSR count). The maximum atomic E-state index is 12.0. The molecule has 1 aromatic rings. The Labute approximate surface area is 158 Å². The molecule has 1 amide bonds. The summed E-state index contributed by atoms with van der Waals surface area (Å²) in [6.07, 6.45) is 3.30. The second-order valence-electron chi connectivity index (χ2n) is 7.85. The average Bonchev–Trinajstić information content (AvgIpc) is 2.93. The molecule has 0 heterocycles. The van der Waals surface area contributed by atoms with Crippen LogP contribution in [0.3, 0.4) is 0 Å². The van der Waals surface area contributed by atoms with Gasteiger partial charge in [0.05, 0.1) is 0 Å². The van der Waals surface area contributed by atoms with Crippen molar-refractivity contribution in [2.45, 2.75) is 40.0 Å². The van der Waals surface area contributed by atoms with Crippen LogP contribution in [0.25, 0.3) is 0 Å². The van der Waals surface area contributed by atoms with E-state index >= 15 is 0 Å². The average molecular weight is 377 g/mol. The highest BCUT2D eigenvalue weighted by Gasteiger charge is 2.59. The zero-order chi connectivity index (χ0) is 18.9. The quantitative estimate of drug-likeness (QED) is 0.469. The highest BCUT2D eigenvalue weighted by Crippen LogP contribution is 2.63. The van der Waals surface area contributed by atoms with Crippen LogP contribution in [0, 0.1) is 16.7 Å². The Morgan fingerprint density at radius 1 is 1.42 bits per heavy atom. The minimum absolute atomic E-state index is 0.0565. The number of hydrogen-bond acceptors (Lipinski definition) is 4. The number of benzene rings is 1. The van der Waals surface area contributed by atoms with Crippen LogP contribution in [0.2, 0.25) is 5.02 Å². The van der Waals surface area contributed by atoms with E-state index in [4.69, 9.17) is 22.2 Å². The Kier molecular flexibility index (Phi) is 4.97. The summed E-state index contributed by atoms with van der Waals surface area (Å²) in [6, 6.07) is 6.94. The fraction of sp³-hybridized carbons (Fsp3) is 0.526. The van der Waals surface area contributed by atoms with Crippen LogP contribution in [-0.4, -0.2) is 24.1 Å². The molecule has 2 aliphatic carbocycles. The summed E-state index contributed by atoms with van der Waals surface area (Å²) in [7, 11) is 0. The van der Waals surface area contributed by atoms with Gasteiger partial charge in [-0.1, -0.05) is 49.7 Å². The van der Waals surface area contributed by atoms with Gasteiger partial charge in [-0.05, 0) is 42.7 Å². The molecule has 0 aliphatic heterocycles. The van der Waals surface area contributed by atoms with Gasteiger partial charge in [-0.2, -0.15) is 5.10 Å². The van der Waals surface area contributed by atoms with Crippen molar-refractivity contribution in [1.82, 2.24) is 5.43 Å². The number of halogens is 1. The Balaban J connectivity index is 1.53. The largest absolute Gasteiger partial charge is 0.384 e. The number of rotatable bonds is 5. The zero-order valence-corrected chi connectivity index (χ0v) is 16.1. The third-order valence-corrected chi connectivity index (χ3v) is 6.54. The molecule has 0 radical (unpaired) electrons. The third-order valence-electron chi connectivity index (χ3n) is 6.31. The van der Waals surface area contributed by atoms with Crippen LogP contribution in [0.1, 0.15) is 45.6 Å². The summed E-state index contributed by atoms with van der Waals surface area (Å²) < 4.78 is 0. The molecule has 3 N–H and O–H groups in total. The van der Waals surface area contributed by atoms with Gasteiger partial charge in [-0.25, -0.2) is 5.43 Å².